The maximum absolute atomic E-state index is 11.7. The van der Waals surface area contributed by atoms with Gasteiger partial charge in [0.2, 0.25) is 10.0 Å². The van der Waals surface area contributed by atoms with E-state index in [2.05, 4.69) is 11.9 Å². The fourth-order valence-corrected chi connectivity index (χ4v) is 2.60. The molecule has 0 spiro atoms. The Morgan fingerprint density at radius 2 is 2.05 bits per heavy atom. The highest BCUT2D eigenvalue weighted by Gasteiger charge is 2.19. The van der Waals surface area contributed by atoms with Crippen molar-refractivity contribution in [3.63, 3.8) is 0 Å². The molecule has 0 fully saturated rings. The first-order valence-electron chi connectivity index (χ1n) is 6.36. The van der Waals surface area contributed by atoms with Crippen LogP contribution in [0.4, 0.5) is 0 Å². The van der Waals surface area contributed by atoms with Gasteiger partial charge >= 0.3 is 0 Å². The number of carbonyl (C=O) groups is 1. The summed E-state index contributed by atoms with van der Waals surface area (Å²) in [5, 5.41) is 7.76. The van der Waals surface area contributed by atoms with E-state index in [1.54, 1.807) is 26.8 Å². The highest BCUT2D eigenvalue weighted by molar-refractivity contribution is 7.89. The molecule has 0 bridgehead atoms. The molecule has 0 heterocycles. The number of rotatable bonds is 6. The van der Waals surface area contributed by atoms with Crippen LogP contribution in [0.5, 0.6) is 5.75 Å². The minimum Gasteiger partial charge on any atom is -0.481 e. The van der Waals surface area contributed by atoms with E-state index < -0.39 is 16.1 Å². The number of carbonyl (C=O) groups excluding carboxylic acids is 1. The van der Waals surface area contributed by atoms with Crippen molar-refractivity contribution in [3.05, 3.63) is 35.9 Å². The lowest BCUT2D eigenvalue weighted by atomic mass is 10.1. The van der Waals surface area contributed by atoms with E-state index in [9.17, 15) is 13.2 Å². The molecule has 1 aromatic carbocycles. The Morgan fingerprint density at radius 3 is 2.57 bits per heavy atom. The normalized spacial score (nSPS) is 12.6. The maximum Gasteiger partial charge on any atom is 0.261 e. The van der Waals surface area contributed by atoms with Crippen LogP contribution in [-0.4, -0.2) is 27.0 Å². The molecule has 0 saturated carbocycles. The first kappa shape index (κ1) is 17.2. The molecule has 0 aliphatic carbocycles. The number of amides is 1. The largest absolute Gasteiger partial charge is 0.481 e. The molecule has 21 heavy (non-hydrogen) atoms. The number of benzene rings is 1. The van der Waals surface area contributed by atoms with Gasteiger partial charge in [-0.05, 0) is 44.0 Å². The molecule has 1 aromatic rings. The van der Waals surface area contributed by atoms with Crippen molar-refractivity contribution in [1.82, 2.24) is 5.32 Å². The third kappa shape index (κ3) is 4.30. The molecule has 7 heteroatoms. The van der Waals surface area contributed by atoms with Gasteiger partial charge in [0, 0.05) is 6.54 Å². The Labute approximate surface area is 125 Å². The van der Waals surface area contributed by atoms with Crippen LogP contribution in [0.3, 0.4) is 0 Å². The van der Waals surface area contributed by atoms with Gasteiger partial charge < -0.3 is 10.1 Å². The fourth-order valence-electron chi connectivity index (χ4n) is 1.77. The van der Waals surface area contributed by atoms with Crippen LogP contribution < -0.4 is 15.2 Å². The lowest BCUT2D eigenvalue weighted by Gasteiger charge is -2.18. The Morgan fingerprint density at radius 1 is 1.43 bits per heavy atom. The second-order valence-corrected chi connectivity index (χ2v) is 6.18. The number of nitrogens with one attached hydrogen (secondary N) is 1. The van der Waals surface area contributed by atoms with E-state index in [1.165, 1.54) is 12.1 Å². The lowest BCUT2D eigenvalue weighted by molar-refractivity contribution is -0.127. The lowest BCUT2D eigenvalue weighted by Crippen LogP contribution is -2.36. The number of ether oxygens (including phenoxy) is 1. The highest BCUT2D eigenvalue weighted by Crippen LogP contribution is 2.27. The van der Waals surface area contributed by atoms with Crippen molar-refractivity contribution in [3.8, 4) is 5.75 Å². The van der Waals surface area contributed by atoms with E-state index in [4.69, 9.17) is 9.88 Å². The fraction of sp³-hybridized carbons (Fsp3) is 0.357. The first-order valence-corrected chi connectivity index (χ1v) is 7.91. The molecule has 0 aromatic heterocycles. The number of hydrogen-bond acceptors (Lipinski definition) is 4. The number of sulfonamides is 1. The van der Waals surface area contributed by atoms with E-state index >= 15 is 0 Å². The average molecular weight is 312 g/mol. The van der Waals surface area contributed by atoms with Gasteiger partial charge in [0.05, 0.1) is 4.90 Å². The van der Waals surface area contributed by atoms with Gasteiger partial charge in [-0.1, -0.05) is 6.08 Å². The summed E-state index contributed by atoms with van der Waals surface area (Å²) in [6.07, 6.45) is 0.865. The Balaban J connectivity index is 2.99. The smallest absolute Gasteiger partial charge is 0.261 e. The second kappa shape index (κ2) is 6.73. The van der Waals surface area contributed by atoms with Crippen LogP contribution in [0.1, 0.15) is 18.1 Å². The van der Waals surface area contributed by atoms with Gasteiger partial charge in [0.1, 0.15) is 5.75 Å². The average Bonchev–Trinajstić information content (AvgIpc) is 2.39. The summed E-state index contributed by atoms with van der Waals surface area (Å²) < 4.78 is 28.4. The molecule has 1 rings (SSSR count). The van der Waals surface area contributed by atoms with Crippen LogP contribution >= 0.6 is 0 Å². The van der Waals surface area contributed by atoms with Gasteiger partial charge in [-0.2, -0.15) is 0 Å². The summed E-state index contributed by atoms with van der Waals surface area (Å²) in [5.74, 6) is 0.170. The van der Waals surface area contributed by atoms with Gasteiger partial charge in [0.25, 0.3) is 5.91 Å². The molecule has 6 nitrogen and oxygen atoms in total. The van der Waals surface area contributed by atoms with Crippen molar-refractivity contribution >= 4 is 15.9 Å². The standard InChI is InChI=1S/C14H20N2O4S/c1-5-8-16-14(17)11(4)20-12-6-7-13(21(15,18)19)10(3)9(12)2/h5-7,11H,1,8H2,2-4H3,(H,16,17)(H2,15,18,19). The molecular formula is C14H20N2O4S. The molecule has 0 aliphatic rings. The Kier molecular flexibility index (Phi) is 5.51. The van der Waals surface area contributed by atoms with Crippen LogP contribution in [0.15, 0.2) is 29.7 Å². The van der Waals surface area contributed by atoms with Crippen molar-refractivity contribution in [2.45, 2.75) is 31.8 Å². The SMILES string of the molecule is C=CCNC(=O)C(C)Oc1ccc(S(N)(=O)=O)c(C)c1C. The van der Waals surface area contributed by atoms with Crippen LogP contribution in [0, 0.1) is 13.8 Å². The molecule has 0 radical (unpaired) electrons. The van der Waals surface area contributed by atoms with Crippen LogP contribution in [0.2, 0.25) is 0 Å². The van der Waals surface area contributed by atoms with Gasteiger partial charge in [-0.3, -0.25) is 4.79 Å². The quantitative estimate of drug-likeness (QED) is 0.766. The maximum atomic E-state index is 11.7. The van der Waals surface area contributed by atoms with E-state index in [0.29, 0.717) is 23.4 Å². The van der Waals surface area contributed by atoms with Crippen molar-refractivity contribution in [1.29, 1.82) is 0 Å². The minimum absolute atomic E-state index is 0.0520. The zero-order valence-corrected chi connectivity index (χ0v) is 13.2. The predicted molar refractivity (Wildman–Crippen MR) is 80.6 cm³/mol. The molecule has 0 aliphatic heterocycles. The summed E-state index contributed by atoms with van der Waals surface area (Å²) >= 11 is 0. The Bertz CT molecular complexity index is 653. The van der Waals surface area contributed by atoms with E-state index in [1.807, 2.05) is 0 Å². The van der Waals surface area contributed by atoms with Crippen molar-refractivity contribution in [2.75, 3.05) is 6.54 Å². The number of primary sulfonamides is 1. The molecule has 3 N–H and O–H groups in total. The molecular weight excluding hydrogens is 292 g/mol. The molecule has 0 saturated heterocycles. The van der Waals surface area contributed by atoms with Gasteiger partial charge in [-0.25, -0.2) is 13.6 Å². The van der Waals surface area contributed by atoms with Crippen molar-refractivity contribution < 1.29 is 17.9 Å². The third-order valence-corrected chi connectivity index (χ3v) is 4.14. The summed E-state index contributed by atoms with van der Waals surface area (Å²) in [6.45, 7) is 8.84. The number of hydrogen-bond donors (Lipinski definition) is 2. The monoisotopic (exact) mass is 312 g/mol. The molecule has 1 unspecified atom stereocenters. The molecule has 116 valence electrons. The first-order chi connectivity index (χ1) is 9.68. The van der Waals surface area contributed by atoms with Crippen molar-refractivity contribution in [2.24, 2.45) is 5.14 Å². The Hall–Kier alpha value is -1.86. The topological polar surface area (TPSA) is 98.5 Å². The number of nitrogens with two attached hydrogens (primary N) is 1. The zero-order chi connectivity index (χ0) is 16.2. The van der Waals surface area contributed by atoms with E-state index in [-0.39, 0.29) is 10.8 Å². The van der Waals surface area contributed by atoms with Gasteiger partial charge in [0.15, 0.2) is 6.10 Å². The van der Waals surface area contributed by atoms with Crippen LogP contribution in [0.25, 0.3) is 0 Å². The summed E-state index contributed by atoms with van der Waals surface area (Å²) in [5.41, 5.74) is 1.14. The molecule has 1 atom stereocenters. The third-order valence-electron chi connectivity index (χ3n) is 3.09. The van der Waals surface area contributed by atoms with E-state index in [0.717, 1.165) is 0 Å². The van der Waals surface area contributed by atoms with Gasteiger partial charge in [-0.15, -0.1) is 6.58 Å². The van der Waals surface area contributed by atoms with Crippen LogP contribution in [-0.2, 0) is 14.8 Å². The zero-order valence-electron chi connectivity index (χ0n) is 12.3. The highest BCUT2D eigenvalue weighted by atomic mass is 32.2. The summed E-state index contributed by atoms with van der Waals surface area (Å²) in [7, 11) is -3.78. The minimum atomic E-state index is -3.78. The summed E-state index contributed by atoms with van der Waals surface area (Å²) in [4.78, 5) is 11.8. The second-order valence-electron chi connectivity index (χ2n) is 4.65. The predicted octanol–water partition coefficient (Wildman–Crippen LogP) is 1.02. The summed E-state index contributed by atoms with van der Waals surface area (Å²) in [6, 6.07) is 2.88. The molecule has 1 amide bonds.